The second-order valence-corrected chi connectivity index (χ2v) is 6.54. The maximum atomic E-state index is 13.1. The zero-order chi connectivity index (χ0) is 17.8. The summed E-state index contributed by atoms with van der Waals surface area (Å²) in [5.74, 6) is 0.413. The van der Waals surface area contributed by atoms with Crippen LogP contribution >= 0.6 is 0 Å². The van der Waals surface area contributed by atoms with Crippen LogP contribution in [-0.2, 0) is 0 Å². The Morgan fingerprint density at radius 3 is 2.35 bits per heavy atom. The minimum absolute atomic E-state index is 0.128. The molecule has 0 amide bonds. The molecule has 0 unspecified atom stereocenters. The summed E-state index contributed by atoms with van der Waals surface area (Å²) in [4.78, 5) is 33.8. The molecule has 0 bridgehead atoms. The quantitative estimate of drug-likeness (QED) is 0.495. The molecule has 3 aromatic carbocycles. The molecule has 0 aliphatic heterocycles. The van der Waals surface area contributed by atoms with Gasteiger partial charge in [0.05, 0.1) is 11.1 Å². The first kappa shape index (κ1) is 14.8. The zero-order valence-electron chi connectivity index (χ0n) is 14.0. The Bertz CT molecular complexity index is 1230. The summed E-state index contributed by atoms with van der Waals surface area (Å²) < 4.78 is 0. The van der Waals surface area contributed by atoms with E-state index < -0.39 is 0 Å². The summed E-state index contributed by atoms with van der Waals surface area (Å²) in [7, 11) is 0. The van der Waals surface area contributed by atoms with Crippen molar-refractivity contribution in [1.82, 2.24) is 9.97 Å². The van der Waals surface area contributed by atoms with Crippen LogP contribution in [0.15, 0.2) is 60.7 Å². The molecule has 5 rings (SSSR count). The number of ketones is 2. The van der Waals surface area contributed by atoms with Gasteiger partial charge < -0.3 is 4.98 Å². The van der Waals surface area contributed by atoms with Crippen LogP contribution in [0.4, 0.5) is 0 Å². The number of nitrogens with zero attached hydrogens (tertiary/aromatic N) is 1. The fourth-order valence-electron chi connectivity index (χ4n) is 3.58. The van der Waals surface area contributed by atoms with E-state index in [2.05, 4.69) is 9.97 Å². The molecule has 1 aliphatic rings. The lowest BCUT2D eigenvalue weighted by Crippen LogP contribution is -2.21. The third-order valence-electron chi connectivity index (χ3n) is 4.83. The average molecular weight is 338 g/mol. The Balaban J connectivity index is 1.77. The molecule has 1 heterocycles. The normalized spacial score (nSPS) is 13.0. The lowest BCUT2D eigenvalue weighted by Gasteiger charge is -2.17. The van der Waals surface area contributed by atoms with E-state index in [1.807, 2.05) is 37.3 Å². The first-order chi connectivity index (χ1) is 12.6. The number of H-pyrrole nitrogens is 1. The highest BCUT2D eigenvalue weighted by Gasteiger charge is 2.32. The van der Waals surface area contributed by atoms with Crippen LogP contribution < -0.4 is 0 Å². The van der Waals surface area contributed by atoms with Crippen molar-refractivity contribution in [3.05, 3.63) is 88.5 Å². The molecule has 0 atom stereocenters. The molecule has 4 heteroatoms. The highest BCUT2D eigenvalue weighted by atomic mass is 16.1. The van der Waals surface area contributed by atoms with Crippen LogP contribution in [0.5, 0.6) is 0 Å². The highest BCUT2D eigenvalue weighted by Crippen LogP contribution is 2.33. The number of imidazole rings is 1. The summed E-state index contributed by atoms with van der Waals surface area (Å²) >= 11 is 0. The molecule has 124 valence electrons. The van der Waals surface area contributed by atoms with Crippen molar-refractivity contribution in [2.75, 3.05) is 0 Å². The van der Waals surface area contributed by atoms with E-state index in [9.17, 15) is 9.59 Å². The van der Waals surface area contributed by atoms with Gasteiger partial charge in [0.1, 0.15) is 11.3 Å². The van der Waals surface area contributed by atoms with Gasteiger partial charge in [0.25, 0.3) is 0 Å². The van der Waals surface area contributed by atoms with E-state index in [1.54, 1.807) is 30.3 Å². The maximum absolute atomic E-state index is 13.1. The van der Waals surface area contributed by atoms with E-state index in [0.717, 1.165) is 16.6 Å². The molecule has 0 spiro atoms. The van der Waals surface area contributed by atoms with Crippen LogP contribution in [0.25, 0.3) is 22.4 Å². The number of fused-ring (bicyclic) bond motifs is 4. The monoisotopic (exact) mass is 338 g/mol. The van der Waals surface area contributed by atoms with Crippen molar-refractivity contribution in [3.63, 3.8) is 0 Å². The Morgan fingerprint density at radius 1 is 0.808 bits per heavy atom. The van der Waals surface area contributed by atoms with Crippen molar-refractivity contribution >= 4 is 22.6 Å². The van der Waals surface area contributed by atoms with Crippen LogP contribution in [0.3, 0.4) is 0 Å². The second kappa shape index (κ2) is 5.23. The number of rotatable bonds is 1. The molecule has 0 fully saturated rings. The lowest BCUT2D eigenvalue weighted by molar-refractivity contribution is 0.0980. The number of aryl methyl sites for hydroxylation is 1. The zero-order valence-corrected chi connectivity index (χ0v) is 14.0. The SMILES string of the molecule is Cc1cccc(-c2nc3c4c(ccc3[nH]2)C(=O)c2ccccc2C4=O)c1. The van der Waals surface area contributed by atoms with E-state index >= 15 is 0 Å². The predicted octanol–water partition coefficient (Wildman–Crippen LogP) is 4.31. The van der Waals surface area contributed by atoms with Crippen LogP contribution in [0.1, 0.15) is 37.4 Å². The summed E-state index contributed by atoms with van der Waals surface area (Å²) in [5, 5.41) is 0. The summed E-state index contributed by atoms with van der Waals surface area (Å²) in [6.45, 7) is 2.02. The topological polar surface area (TPSA) is 62.8 Å². The molecule has 1 aromatic heterocycles. The Morgan fingerprint density at radius 2 is 1.58 bits per heavy atom. The van der Waals surface area contributed by atoms with Gasteiger partial charge in [-0.25, -0.2) is 4.98 Å². The minimum atomic E-state index is -0.150. The molecule has 4 nitrogen and oxygen atoms in total. The highest BCUT2D eigenvalue weighted by molar-refractivity contribution is 6.31. The third-order valence-corrected chi connectivity index (χ3v) is 4.83. The van der Waals surface area contributed by atoms with Gasteiger partial charge in [0, 0.05) is 22.3 Å². The molecular weight excluding hydrogens is 324 g/mol. The summed E-state index contributed by atoms with van der Waals surface area (Å²) in [5.41, 5.74) is 5.09. The van der Waals surface area contributed by atoms with Gasteiger partial charge in [-0.1, -0.05) is 48.0 Å². The number of nitrogens with one attached hydrogen (secondary N) is 1. The fourth-order valence-corrected chi connectivity index (χ4v) is 3.58. The first-order valence-corrected chi connectivity index (χ1v) is 8.41. The minimum Gasteiger partial charge on any atom is -0.338 e. The van der Waals surface area contributed by atoms with E-state index in [0.29, 0.717) is 33.6 Å². The smallest absolute Gasteiger partial charge is 0.196 e. The van der Waals surface area contributed by atoms with Crippen molar-refractivity contribution in [2.24, 2.45) is 0 Å². The van der Waals surface area contributed by atoms with Crippen LogP contribution in [0.2, 0.25) is 0 Å². The lowest BCUT2D eigenvalue weighted by atomic mass is 9.83. The number of benzene rings is 3. The van der Waals surface area contributed by atoms with E-state index in [1.165, 1.54) is 0 Å². The van der Waals surface area contributed by atoms with Crippen molar-refractivity contribution < 1.29 is 9.59 Å². The summed E-state index contributed by atoms with van der Waals surface area (Å²) in [6.07, 6.45) is 0. The molecule has 1 aliphatic carbocycles. The van der Waals surface area contributed by atoms with Crippen molar-refractivity contribution in [1.29, 1.82) is 0 Å². The predicted molar refractivity (Wildman–Crippen MR) is 99.6 cm³/mol. The number of aromatic amines is 1. The van der Waals surface area contributed by atoms with Gasteiger partial charge in [-0.15, -0.1) is 0 Å². The van der Waals surface area contributed by atoms with Gasteiger partial charge in [0.2, 0.25) is 0 Å². The molecular formula is C22H14N2O2. The number of hydrogen-bond donors (Lipinski definition) is 1. The fraction of sp³-hybridized carbons (Fsp3) is 0.0455. The van der Waals surface area contributed by atoms with Crippen LogP contribution in [-0.4, -0.2) is 21.5 Å². The second-order valence-electron chi connectivity index (χ2n) is 6.54. The Hall–Kier alpha value is -3.53. The number of carbonyl (C=O) groups excluding carboxylic acids is 2. The van der Waals surface area contributed by atoms with E-state index in [-0.39, 0.29) is 11.6 Å². The van der Waals surface area contributed by atoms with Crippen molar-refractivity contribution in [2.45, 2.75) is 6.92 Å². The van der Waals surface area contributed by atoms with Gasteiger partial charge in [-0.2, -0.15) is 0 Å². The third kappa shape index (κ3) is 1.99. The largest absolute Gasteiger partial charge is 0.338 e. The number of hydrogen-bond acceptors (Lipinski definition) is 3. The molecule has 0 radical (unpaired) electrons. The van der Waals surface area contributed by atoms with Gasteiger partial charge in [0.15, 0.2) is 11.6 Å². The van der Waals surface area contributed by atoms with Crippen molar-refractivity contribution in [3.8, 4) is 11.4 Å². The Kier molecular flexibility index (Phi) is 2.97. The number of carbonyl (C=O) groups is 2. The molecule has 0 saturated carbocycles. The molecule has 1 N–H and O–H groups in total. The van der Waals surface area contributed by atoms with E-state index in [4.69, 9.17) is 0 Å². The molecule has 0 saturated heterocycles. The van der Waals surface area contributed by atoms with Gasteiger partial charge in [-0.3, -0.25) is 9.59 Å². The van der Waals surface area contributed by atoms with Gasteiger partial charge in [-0.05, 0) is 25.1 Å². The average Bonchev–Trinajstić information content (AvgIpc) is 3.10. The standard InChI is InChI=1S/C22H14N2O2/c1-12-5-4-6-13(11-12)22-23-17-10-9-16-18(19(17)24-22)21(26)15-8-3-2-7-14(15)20(16)25/h2-11H,1H3,(H,23,24). The first-order valence-electron chi connectivity index (χ1n) is 8.41. The summed E-state index contributed by atoms with van der Waals surface area (Å²) in [6, 6.07) is 18.5. The van der Waals surface area contributed by atoms with Gasteiger partial charge >= 0.3 is 0 Å². The molecule has 26 heavy (non-hydrogen) atoms. The van der Waals surface area contributed by atoms with Crippen LogP contribution in [0, 0.1) is 6.92 Å². The molecule has 4 aromatic rings. The number of aromatic nitrogens is 2. The maximum Gasteiger partial charge on any atom is 0.196 e. The Labute approximate surface area is 149 Å².